The Bertz CT molecular complexity index is 766. The molecular formula is C17H12N2O3. The van der Waals surface area contributed by atoms with Crippen LogP contribution in [-0.4, -0.2) is 29.7 Å². The first kappa shape index (κ1) is 12.9. The average Bonchev–Trinajstić information content (AvgIpc) is 3.14. The van der Waals surface area contributed by atoms with Crippen LogP contribution in [0.3, 0.4) is 0 Å². The summed E-state index contributed by atoms with van der Waals surface area (Å²) in [6.07, 6.45) is 1.53. The second-order valence-electron chi connectivity index (χ2n) is 5.14. The summed E-state index contributed by atoms with van der Waals surface area (Å²) < 4.78 is 5.74. The Morgan fingerprint density at radius 2 is 1.50 bits per heavy atom. The van der Waals surface area contributed by atoms with Gasteiger partial charge in [0.25, 0.3) is 11.8 Å². The molecule has 22 heavy (non-hydrogen) atoms. The van der Waals surface area contributed by atoms with Crippen LogP contribution in [0.25, 0.3) is 0 Å². The lowest BCUT2D eigenvalue weighted by atomic mass is 10.0. The Balaban J connectivity index is 1.89. The number of ether oxygens (including phenoxy) is 1. The van der Waals surface area contributed by atoms with Gasteiger partial charge in [-0.3, -0.25) is 14.6 Å². The zero-order valence-corrected chi connectivity index (χ0v) is 11.6. The van der Waals surface area contributed by atoms with E-state index in [1.54, 1.807) is 24.3 Å². The van der Waals surface area contributed by atoms with Gasteiger partial charge in [-0.2, -0.15) is 0 Å². The minimum Gasteiger partial charge on any atom is -0.323 e. The van der Waals surface area contributed by atoms with Crippen molar-refractivity contribution in [2.24, 2.45) is 4.99 Å². The van der Waals surface area contributed by atoms with Crippen molar-refractivity contribution in [3.63, 3.8) is 0 Å². The van der Waals surface area contributed by atoms with E-state index in [1.165, 1.54) is 6.21 Å². The number of hydrogen-bond donors (Lipinski definition) is 0. The van der Waals surface area contributed by atoms with Gasteiger partial charge in [0.05, 0.1) is 17.3 Å². The highest BCUT2D eigenvalue weighted by Crippen LogP contribution is 2.37. The number of nitrogens with zero attached hydrogens (tertiary/aromatic N) is 2. The number of carbonyl (C=O) groups is 2. The maximum absolute atomic E-state index is 12.7. The van der Waals surface area contributed by atoms with Crippen LogP contribution < -0.4 is 0 Å². The summed E-state index contributed by atoms with van der Waals surface area (Å²) in [5.74, 6) is -0.726. The molecule has 0 N–H and O–H groups in total. The lowest BCUT2D eigenvalue weighted by Gasteiger charge is -2.34. The highest BCUT2D eigenvalue weighted by molar-refractivity contribution is 6.22. The zero-order chi connectivity index (χ0) is 15.2. The van der Waals surface area contributed by atoms with E-state index in [0.29, 0.717) is 16.7 Å². The first-order chi connectivity index (χ1) is 10.7. The average molecular weight is 292 g/mol. The maximum atomic E-state index is 12.7. The molecule has 0 fully saturated rings. The molecule has 1 atom stereocenters. The topological polar surface area (TPSA) is 59.0 Å². The zero-order valence-electron chi connectivity index (χ0n) is 11.6. The molecule has 2 aromatic rings. The van der Waals surface area contributed by atoms with Gasteiger partial charge in [-0.1, -0.05) is 42.5 Å². The number of hydrogen-bond acceptors (Lipinski definition) is 4. The van der Waals surface area contributed by atoms with Crippen molar-refractivity contribution in [1.82, 2.24) is 4.90 Å². The van der Waals surface area contributed by atoms with Crippen molar-refractivity contribution < 1.29 is 14.3 Å². The Labute approximate surface area is 126 Å². The van der Waals surface area contributed by atoms with Gasteiger partial charge in [-0.25, -0.2) is 4.90 Å². The highest BCUT2D eigenvalue weighted by atomic mass is 16.5. The summed E-state index contributed by atoms with van der Waals surface area (Å²) in [4.78, 5) is 30.7. The minimum absolute atomic E-state index is 0.113. The maximum Gasteiger partial charge on any atom is 0.264 e. The van der Waals surface area contributed by atoms with E-state index in [-0.39, 0.29) is 18.5 Å². The van der Waals surface area contributed by atoms with Crippen LogP contribution >= 0.6 is 0 Å². The monoisotopic (exact) mass is 292 g/mol. The van der Waals surface area contributed by atoms with Crippen molar-refractivity contribution in [2.75, 3.05) is 6.73 Å². The minimum atomic E-state index is -1.27. The molecule has 5 heteroatoms. The molecule has 0 unspecified atom stereocenters. The molecule has 0 saturated carbocycles. The summed E-state index contributed by atoms with van der Waals surface area (Å²) in [6, 6.07) is 16.0. The van der Waals surface area contributed by atoms with Crippen molar-refractivity contribution in [3.05, 3.63) is 71.3 Å². The lowest BCUT2D eigenvalue weighted by molar-refractivity contribution is -0.0586. The summed E-state index contributed by atoms with van der Waals surface area (Å²) in [5, 5.41) is 0. The molecule has 2 amide bonds. The van der Waals surface area contributed by atoms with E-state index in [0.717, 1.165) is 4.90 Å². The lowest BCUT2D eigenvalue weighted by Crippen LogP contribution is -2.50. The smallest absolute Gasteiger partial charge is 0.264 e. The third-order valence-corrected chi connectivity index (χ3v) is 3.94. The quantitative estimate of drug-likeness (QED) is 0.797. The SMILES string of the molecule is O=C1c2ccccc2C(=O)N1[C@]1(c2ccccc2)C=NCO1. The van der Waals surface area contributed by atoms with Crippen molar-refractivity contribution >= 4 is 18.0 Å². The molecule has 0 bridgehead atoms. The Kier molecular flexibility index (Phi) is 2.71. The second-order valence-corrected chi connectivity index (χ2v) is 5.14. The molecule has 5 nitrogen and oxygen atoms in total. The fraction of sp³-hybridized carbons (Fsp3) is 0.118. The van der Waals surface area contributed by atoms with Crippen molar-refractivity contribution in [1.29, 1.82) is 0 Å². The van der Waals surface area contributed by atoms with E-state index < -0.39 is 5.72 Å². The van der Waals surface area contributed by atoms with Crippen LogP contribution in [0.1, 0.15) is 26.3 Å². The number of amides is 2. The first-order valence-corrected chi connectivity index (χ1v) is 6.92. The fourth-order valence-electron chi connectivity index (χ4n) is 2.91. The molecular weight excluding hydrogens is 280 g/mol. The molecule has 4 rings (SSSR count). The predicted molar refractivity (Wildman–Crippen MR) is 79.5 cm³/mol. The molecule has 0 aromatic heterocycles. The van der Waals surface area contributed by atoms with Crippen LogP contribution in [0, 0.1) is 0 Å². The fourth-order valence-corrected chi connectivity index (χ4v) is 2.91. The molecule has 2 heterocycles. The van der Waals surface area contributed by atoms with Crippen molar-refractivity contribution in [2.45, 2.75) is 5.72 Å². The molecule has 0 aliphatic carbocycles. The second kappa shape index (κ2) is 4.61. The Morgan fingerprint density at radius 3 is 2.05 bits per heavy atom. The molecule has 2 aromatic carbocycles. The standard InChI is InChI=1S/C17H12N2O3/c20-15-13-8-4-5-9-14(13)16(21)19(15)17(10-18-11-22-17)12-6-2-1-3-7-12/h1-10H,11H2/t17-/m1/s1. The number of carbonyl (C=O) groups excluding carboxylic acids is 2. The van der Waals surface area contributed by atoms with E-state index in [4.69, 9.17) is 4.74 Å². The van der Waals surface area contributed by atoms with Crippen LogP contribution in [-0.2, 0) is 10.5 Å². The van der Waals surface area contributed by atoms with Gasteiger partial charge in [0.2, 0.25) is 5.72 Å². The van der Waals surface area contributed by atoms with E-state index in [1.807, 2.05) is 30.3 Å². The third-order valence-electron chi connectivity index (χ3n) is 3.94. The molecule has 2 aliphatic heterocycles. The number of imide groups is 1. The normalized spacial score (nSPS) is 23.2. The van der Waals surface area contributed by atoms with Crippen LogP contribution in [0.4, 0.5) is 0 Å². The summed E-state index contributed by atoms with van der Waals surface area (Å²) in [7, 11) is 0. The van der Waals surface area contributed by atoms with Gasteiger partial charge >= 0.3 is 0 Å². The Hall–Kier alpha value is -2.79. The first-order valence-electron chi connectivity index (χ1n) is 6.92. The van der Waals surface area contributed by atoms with Gasteiger partial charge in [-0.05, 0) is 12.1 Å². The molecule has 0 radical (unpaired) electrons. The van der Waals surface area contributed by atoms with Gasteiger partial charge < -0.3 is 4.74 Å². The largest absolute Gasteiger partial charge is 0.323 e. The third kappa shape index (κ3) is 1.60. The highest BCUT2D eigenvalue weighted by Gasteiger charge is 2.51. The summed E-state index contributed by atoms with van der Waals surface area (Å²) >= 11 is 0. The summed E-state index contributed by atoms with van der Waals surface area (Å²) in [6.45, 7) is 0.113. The molecule has 2 aliphatic rings. The van der Waals surface area contributed by atoms with Crippen LogP contribution in [0.2, 0.25) is 0 Å². The number of rotatable bonds is 2. The van der Waals surface area contributed by atoms with E-state index in [9.17, 15) is 9.59 Å². The van der Waals surface area contributed by atoms with Crippen molar-refractivity contribution in [3.8, 4) is 0 Å². The Morgan fingerprint density at radius 1 is 0.909 bits per heavy atom. The molecule has 0 spiro atoms. The van der Waals surface area contributed by atoms with E-state index >= 15 is 0 Å². The number of aliphatic imine (C=N–C) groups is 1. The van der Waals surface area contributed by atoms with Gasteiger partial charge in [0.15, 0.2) is 0 Å². The number of benzene rings is 2. The van der Waals surface area contributed by atoms with Gasteiger partial charge in [0, 0.05) is 5.56 Å². The molecule has 0 saturated heterocycles. The predicted octanol–water partition coefficient (Wildman–Crippen LogP) is 2.19. The number of fused-ring (bicyclic) bond motifs is 1. The van der Waals surface area contributed by atoms with Gasteiger partial charge in [0.1, 0.15) is 6.73 Å². The summed E-state index contributed by atoms with van der Waals surface area (Å²) in [5.41, 5.74) is 0.221. The van der Waals surface area contributed by atoms with Crippen LogP contribution in [0.15, 0.2) is 59.6 Å². The molecule has 108 valence electrons. The van der Waals surface area contributed by atoms with Crippen LogP contribution in [0.5, 0.6) is 0 Å². The van der Waals surface area contributed by atoms with Gasteiger partial charge in [-0.15, -0.1) is 0 Å². The van der Waals surface area contributed by atoms with E-state index in [2.05, 4.69) is 4.99 Å².